The number of halogens is 3. The Bertz CT molecular complexity index is 350. The van der Waals surface area contributed by atoms with Crippen LogP contribution in [0.3, 0.4) is 0 Å². The molecule has 0 aliphatic carbocycles. The molecule has 0 radical (unpaired) electrons. The fraction of sp³-hybridized carbons (Fsp3) is 0.385. The molecule has 0 unspecified atom stereocenters. The van der Waals surface area contributed by atoms with E-state index in [1.165, 1.54) is 12.1 Å². The van der Waals surface area contributed by atoms with Crippen LogP contribution in [0.15, 0.2) is 30.3 Å². The van der Waals surface area contributed by atoms with Gasteiger partial charge >= 0.3 is 6.18 Å². The fourth-order valence-corrected chi connectivity index (χ4v) is 1.43. The van der Waals surface area contributed by atoms with Crippen LogP contribution in [0.2, 0.25) is 0 Å². The third-order valence-electron chi connectivity index (χ3n) is 2.29. The Morgan fingerprint density at radius 2 is 1.88 bits per heavy atom. The SMILES string of the molecule is CCCCC=Cc1ccccc1C(F)(F)F. The highest BCUT2D eigenvalue weighted by molar-refractivity contribution is 5.54. The highest BCUT2D eigenvalue weighted by Crippen LogP contribution is 2.32. The molecule has 3 heteroatoms. The van der Waals surface area contributed by atoms with E-state index in [0.717, 1.165) is 25.3 Å². The Kier molecular flexibility index (Phi) is 4.59. The lowest BCUT2D eigenvalue weighted by atomic mass is 10.1. The van der Waals surface area contributed by atoms with Gasteiger partial charge in [-0.2, -0.15) is 13.2 Å². The van der Waals surface area contributed by atoms with Gasteiger partial charge in [0.2, 0.25) is 0 Å². The zero-order chi connectivity index (χ0) is 12.0. The number of rotatable bonds is 4. The van der Waals surface area contributed by atoms with E-state index in [0.29, 0.717) is 0 Å². The average molecular weight is 228 g/mol. The van der Waals surface area contributed by atoms with Crippen molar-refractivity contribution in [3.05, 3.63) is 41.5 Å². The second-order valence-electron chi connectivity index (χ2n) is 3.63. The van der Waals surface area contributed by atoms with Crippen LogP contribution < -0.4 is 0 Å². The lowest BCUT2D eigenvalue weighted by Crippen LogP contribution is -2.06. The van der Waals surface area contributed by atoms with Gasteiger partial charge in [0, 0.05) is 0 Å². The van der Waals surface area contributed by atoms with Crippen LogP contribution in [0.5, 0.6) is 0 Å². The number of alkyl halides is 3. The van der Waals surface area contributed by atoms with E-state index in [-0.39, 0.29) is 5.56 Å². The smallest absolute Gasteiger partial charge is 0.166 e. The summed E-state index contributed by atoms with van der Waals surface area (Å²) in [6.45, 7) is 2.05. The lowest BCUT2D eigenvalue weighted by molar-refractivity contribution is -0.137. The van der Waals surface area contributed by atoms with Gasteiger partial charge in [0.1, 0.15) is 0 Å². The number of hydrogen-bond donors (Lipinski definition) is 0. The standard InChI is InChI=1S/C13H15F3/c1-2-3-4-5-8-11-9-6-7-10-12(11)13(14,15)16/h5-10H,2-4H2,1H3. The van der Waals surface area contributed by atoms with Gasteiger partial charge in [0.05, 0.1) is 5.56 Å². The quantitative estimate of drug-likeness (QED) is 0.642. The fourth-order valence-electron chi connectivity index (χ4n) is 1.43. The topological polar surface area (TPSA) is 0 Å². The molecule has 0 fully saturated rings. The van der Waals surface area contributed by atoms with E-state index in [2.05, 4.69) is 6.92 Å². The van der Waals surface area contributed by atoms with Crippen molar-refractivity contribution in [1.29, 1.82) is 0 Å². The zero-order valence-corrected chi connectivity index (χ0v) is 9.22. The number of benzene rings is 1. The van der Waals surface area contributed by atoms with Crippen LogP contribution in [-0.2, 0) is 6.18 Å². The highest BCUT2D eigenvalue weighted by Gasteiger charge is 2.32. The van der Waals surface area contributed by atoms with Gasteiger partial charge in [-0.3, -0.25) is 0 Å². The second-order valence-corrected chi connectivity index (χ2v) is 3.63. The molecule has 0 saturated carbocycles. The number of allylic oxidation sites excluding steroid dienone is 1. The third-order valence-corrected chi connectivity index (χ3v) is 2.29. The van der Waals surface area contributed by atoms with Gasteiger partial charge in [-0.1, -0.05) is 50.1 Å². The molecule has 0 aliphatic heterocycles. The van der Waals surface area contributed by atoms with Gasteiger partial charge in [0.15, 0.2) is 0 Å². The Hall–Kier alpha value is -1.25. The molecule has 0 nitrogen and oxygen atoms in total. The Morgan fingerprint density at radius 1 is 1.19 bits per heavy atom. The first-order valence-corrected chi connectivity index (χ1v) is 5.38. The maximum Gasteiger partial charge on any atom is 0.416 e. The summed E-state index contributed by atoms with van der Waals surface area (Å²) in [4.78, 5) is 0. The maximum absolute atomic E-state index is 12.6. The number of hydrogen-bond acceptors (Lipinski definition) is 0. The van der Waals surface area contributed by atoms with Crippen molar-refractivity contribution in [2.75, 3.05) is 0 Å². The van der Waals surface area contributed by atoms with Gasteiger partial charge in [-0.25, -0.2) is 0 Å². The first kappa shape index (κ1) is 12.8. The van der Waals surface area contributed by atoms with Gasteiger partial charge in [-0.15, -0.1) is 0 Å². The summed E-state index contributed by atoms with van der Waals surface area (Å²) in [5, 5.41) is 0. The molecular formula is C13H15F3. The molecule has 0 bridgehead atoms. The molecule has 0 aromatic heterocycles. The molecule has 0 spiro atoms. The van der Waals surface area contributed by atoms with Crippen LogP contribution in [0.4, 0.5) is 13.2 Å². The van der Waals surface area contributed by atoms with E-state index in [4.69, 9.17) is 0 Å². The minimum Gasteiger partial charge on any atom is -0.166 e. The minimum absolute atomic E-state index is 0.242. The molecule has 0 aliphatic rings. The predicted molar refractivity (Wildman–Crippen MR) is 60.0 cm³/mol. The van der Waals surface area contributed by atoms with E-state index in [1.807, 2.05) is 0 Å². The summed E-state index contributed by atoms with van der Waals surface area (Å²) >= 11 is 0. The molecule has 16 heavy (non-hydrogen) atoms. The maximum atomic E-state index is 12.6. The normalized spacial score (nSPS) is 12.2. The molecule has 0 amide bonds. The van der Waals surface area contributed by atoms with E-state index in [9.17, 15) is 13.2 Å². The van der Waals surface area contributed by atoms with Crippen molar-refractivity contribution in [3.8, 4) is 0 Å². The van der Waals surface area contributed by atoms with Crippen LogP contribution in [-0.4, -0.2) is 0 Å². The molecule has 1 aromatic rings. The Morgan fingerprint density at radius 3 is 2.50 bits per heavy atom. The molecule has 0 saturated heterocycles. The van der Waals surface area contributed by atoms with Crippen LogP contribution in [0, 0.1) is 0 Å². The Labute approximate surface area is 93.8 Å². The summed E-state index contributed by atoms with van der Waals surface area (Å²) < 4.78 is 37.8. The highest BCUT2D eigenvalue weighted by atomic mass is 19.4. The van der Waals surface area contributed by atoms with Gasteiger partial charge in [-0.05, 0) is 18.1 Å². The van der Waals surface area contributed by atoms with Crippen molar-refractivity contribution < 1.29 is 13.2 Å². The summed E-state index contributed by atoms with van der Waals surface area (Å²) in [6.07, 6.45) is 1.96. The van der Waals surface area contributed by atoms with Gasteiger partial charge in [0.25, 0.3) is 0 Å². The molecule has 88 valence electrons. The van der Waals surface area contributed by atoms with Crippen LogP contribution >= 0.6 is 0 Å². The predicted octanol–water partition coefficient (Wildman–Crippen LogP) is 4.91. The monoisotopic (exact) mass is 228 g/mol. The molecule has 1 aromatic carbocycles. The van der Waals surface area contributed by atoms with Crippen molar-refractivity contribution in [2.24, 2.45) is 0 Å². The number of unbranched alkanes of at least 4 members (excludes halogenated alkanes) is 2. The summed E-state index contributed by atoms with van der Waals surface area (Å²) in [7, 11) is 0. The first-order chi connectivity index (χ1) is 7.55. The zero-order valence-electron chi connectivity index (χ0n) is 9.22. The van der Waals surface area contributed by atoms with Crippen molar-refractivity contribution in [2.45, 2.75) is 32.4 Å². The summed E-state index contributed by atoms with van der Waals surface area (Å²) in [5.41, 5.74) is -0.325. The largest absolute Gasteiger partial charge is 0.416 e. The first-order valence-electron chi connectivity index (χ1n) is 5.38. The average Bonchev–Trinajstić information content (AvgIpc) is 2.24. The van der Waals surface area contributed by atoms with E-state index in [1.54, 1.807) is 18.2 Å². The second kappa shape index (κ2) is 5.73. The summed E-state index contributed by atoms with van der Waals surface area (Å²) in [5.74, 6) is 0. The van der Waals surface area contributed by atoms with Crippen LogP contribution in [0.25, 0.3) is 6.08 Å². The van der Waals surface area contributed by atoms with Crippen LogP contribution in [0.1, 0.15) is 37.3 Å². The van der Waals surface area contributed by atoms with Gasteiger partial charge < -0.3 is 0 Å². The molecular weight excluding hydrogens is 213 g/mol. The van der Waals surface area contributed by atoms with E-state index >= 15 is 0 Å². The van der Waals surface area contributed by atoms with E-state index < -0.39 is 11.7 Å². The molecule has 0 heterocycles. The van der Waals surface area contributed by atoms with Crippen molar-refractivity contribution in [1.82, 2.24) is 0 Å². The van der Waals surface area contributed by atoms with Crippen molar-refractivity contribution >= 4 is 6.08 Å². The third kappa shape index (κ3) is 3.72. The van der Waals surface area contributed by atoms with Crippen molar-refractivity contribution in [3.63, 3.8) is 0 Å². The molecule has 1 rings (SSSR count). The Balaban J connectivity index is 2.83. The summed E-state index contributed by atoms with van der Waals surface area (Å²) in [6, 6.07) is 5.63. The molecule has 0 atom stereocenters. The molecule has 0 N–H and O–H groups in total. The minimum atomic E-state index is -4.27. The lowest BCUT2D eigenvalue weighted by Gasteiger charge is -2.09.